The fourth-order valence-corrected chi connectivity index (χ4v) is 3.03. The van der Waals surface area contributed by atoms with Gasteiger partial charge in [-0.25, -0.2) is 4.79 Å². The minimum atomic E-state index is -0.852. The van der Waals surface area contributed by atoms with Gasteiger partial charge in [0.1, 0.15) is 18.3 Å². The van der Waals surface area contributed by atoms with Gasteiger partial charge in [-0.15, -0.1) is 0 Å². The van der Waals surface area contributed by atoms with Crippen molar-refractivity contribution < 1.29 is 33.2 Å². The van der Waals surface area contributed by atoms with E-state index in [4.69, 9.17) is 28.4 Å². The van der Waals surface area contributed by atoms with Crippen LogP contribution in [0.2, 0.25) is 0 Å². The topological polar surface area (TPSA) is 72.5 Å². The number of ether oxygens (including phenoxy) is 6. The molecule has 0 aromatic rings. The Balaban J connectivity index is 1.77. The summed E-state index contributed by atoms with van der Waals surface area (Å²) >= 11 is 0. The maximum absolute atomic E-state index is 11.5. The van der Waals surface area contributed by atoms with Crippen LogP contribution in [-0.2, 0) is 33.2 Å². The molecule has 3 rings (SSSR count). The molecule has 22 heavy (non-hydrogen) atoms. The number of rotatable bonds is 3. The van der Waals surface area contributed by atoms with Crippen molar-refractivity contribution in [3.8, 4) is 0 Å². The number of carbonyl (C=O) groups excluding carboxylic acids is 1. The Morgan fingerprint density at radius 1 is 1.09 bits per heavy atom. The van der Waals surface area contributed by atoms with Crippen LogP contribution in [0.1, 0.15) is 27.7 Å². The minimum Gasteiger partial charge on any atom is -0.430 e. The van der Waals surface area contributed by atoms with E-state index in [0.29, 0.717) is 6.61 Å². The molecule has 7 heteroatoms. The number of hydrogen-bond donors (Lipinski definition) is 0. The van der Waals surface area contributed by atoms with E-state index in [1.165, 1.54) is 0 Å². The fraction of sp³-hybridized carbons (Fsp3) is 0.800. The SMILES string of the molecule is C=CC(=O)O[C@H]1O[C@H](C2COC(C)(C)O2)C2OC(C)(C)OC21. The van der Waals surface area contributed by atoms with Crippen molar-refractivity contribution in [1.29, 1.82) is 0 Å². The van der Waals surface area contributed by atoms with Gasteiger partial charge in [-0.3, -0.25) is 0 Å². The first-order valence-electron chi connectivity index (χ1n) is 7.37. The van der Waals surface area contributed by atoms with Gasteiger partial charge in [-0.1, -0.05) is 6.58 Å². The third kappa shape index (κ3) is 2.91. The normalized spacial score (nSPS) is 42.1. The summed E-state index contributed by atoms with van der Waals surface area (Å²) in [5, 5.41) is 0. The number of hydrogen-bond acceptors (Lipinski definition) is 7. The van der Waals surface area contributed by atoms with Crippen LogP contribution in [0.4, 0.5) is 0 Å². The smallest absolute Gasteiger partial charge is 0.332 e. The molecule has 0 saturated carbocycles. The molecular weight excluding hydrogens is 292 g/mol. The van der Waals surface area contributed by atoms with Gasteiger partial charge in [0.2, 0.25) is 6.29 Å². The zero-order chi connectivity index (χ0) is 16.1. The average Bonchev–Trinajstić information content (AvgIpc) is 3.01. The van der Waals surface area contributed by atoms with Crippen LogP contribution in [0.3, 0.4) is 0 Å². The minimum absolute atomic E-state index is 0.313. The highest BCUT2D eigenvalue weighted by atomic mass is 16.8. The largest absolute Gasteiger partial charge is 0.430 e. The van der Waals surface area contributed by atoms with E-state index >= 15 is 0 Å². The molecule has 5 atom stereocenters. The summed E-state index contributed by atoms with van der Waals surface area (Å²) in [5.41, 5.74) is 0. The lowest BCUT2D eigenvalue weighted by molar-refractivity contribution is -0.243. The molecule has 3 heterocycles. The van der Waals surface area contributed by atoms with E-state index < -0.39 is 36.0 Å². The Morgan fingerprint density at radius 2 is 1.77 bits per heavy atom. The van der Waals surface area contributed by atoms with Crippen molar-refractivity contribution in [2.75, 3.05) is 6.61 Å². The van der Waals surface area contributed by atoms with Crippen LogP contribution in [0.15, 0.2) is 12.7 Å². The van der Waals surface area contributed by atoms with Crippen LogP contribution in [0, 0.1) is 0 Å². The van der Waals surface area contributed by atoms with Gasteiger partial charge >= 0.3 is 5.97 Å². The molecule has 3 aliphatic heterocycles. The molecule has 0 aromatic carbocycles. The van der Waals surface area contributed by atoms with Gasteiger partial charge in [0.05, 0.1) is 6.61 Å². The summed E-state index contributed by atoms with van der Waals surface area (Å²) in [6.07, 6.45) is -1.40. The van der Waals surface area contributed by atoms with Crippen molar-refractivity contribution in [2.24, 2.45) is 0 Å². The third-order valence-electron chi connectivity index (χ3n) is 3.84. The van der Waals surface area contributed by atoms with E-state index in [1.54, 1.807) is 0 Å². The molecule has 3 unspecified atom stereocenters. The predicted octanol–water partition coefficient (Wildman–Crippen LogP) is 1.11. The molecule has 0 N–H and O–H groups in total. The molecule has 0 aliphatic carbocycles. The van der Waals surface area contributed by atoms with Crippen molar-refractivity contribution in [3.63, 3.8) is 0 Å². The van der Waals surface area contributed by atoms with Crippen LogP contribution in [0.25, 0.3) is 0 Å². The van der Waals surface area contributed by atoms with Crippen molar-refractivity contribution in [3.05, 3.63) is 12.7 Å². The first-order chi connectivity index (χ1) is 10.2. The molecule has 3 fully saturated rings. The molecule has 124 valence electrons. The molecule has 0 spiro atoms. The van der Waals surface area contributed by atoms with E-state index in [9.17, 15) is 4.79 Å². The average molecular weight is 314 g/mol. The number of esters is 1. The van der Waals surface area contributed by atoms with Crippen molar-refractivity contribution in [2.45, 2.75) is 70.0 Å². The zero-order valence-electron chi connectivity index (χ0n) is 13.2. The van der Waals surface area contributed by atoms with Gasteiger partial charge < -0.3 is 28.4 Å². The zero-order valence-corrected chi connectivity index (χ0v) is 13.2. The van der Waals surface area contributed by atoms with Crippen LogP contribution < -0.4 is 0 Å². The highest BCUT2D eigenvalue weighted by Crippen LogP contribution is 2.42. The highest BCUT2D eigenvalue weighted by Gasteiger charge is 2.60. The van der Waals surface area contributed by atoms with E-state index in [2.05, 4.69) is 6.58 Å². The summed E-state index contributed by atoms with van der Waals surface area (Å²) in [6, 6.07) is 0. The third-order valence-corrected chi connectivity index (χ3v) is 3.84. The molecule has 3 aliphatic rings. The van der Waals surface area contributed by atoms with Gasteiger partial charge in [-0.2, -0.15) is 0 Å². The molecule has 0 aromatic heterocycles. The monoisotopic (exact) mass is 314 g/mol. The molecule has 7 nitrogen and oxygen atoms in total. The molecule has 3 saturated heterocycles. The van der Waals surface area contributed by atoms with Gasteiger partial charge in [0, 0.05) is 6.08 Å². The van der Waals surface area contributed by atoms with E-state index in [1.807, 2.05) is 27.7 Å². The molecular formula is C15H22O7. The lowest BCUT2D eigenvalue weighted by Gasteiger charge is -2.26. The summed E-state index contributed by atoms with van der Waals surface area (Å²) in [6.45, 7) is 11.1. The summed E-state index contributed by atoms with van der Waals surface area (Å²) < 4.78 is 34.2. The Morgan fingerprint density at radius 3 is 2.36 bits per heavy atom. The Bertz CT molecular complexity index is 473. The predicted molar refractivity (Wildman–Crippen MR) is 73.7 cm³/mol. The first kappa shape index (κ1) is 15.9. The summed E-state index contributed by atoms with van der Waals surface area (Å²) in [5.74, 6) is -2.01. The summed E-state index contributed by atoms with van der Waals surface area (Å²) in [7, 11) is 0. The van der Waals surface area contributed by atoms with Gasteiger partial charge in [0.25, 0.3) is 0 Å². The van der Waals surface area contributed by atoms with Gasteiger partial charge in [0.15, 0.2) is 17.7 Å². The highest BCUT2D eigenvalue weighted by molar-refractivity contribution is 5.81. The second-order valence-electron chi connectivity index (χ2n) is 6.54. The quantitative estimate of drug-likeness (QED) is 0.571. The second-order valence-corrected chi connectivity index (χ2v) is 6.54. The van der Waals surface area contributed by atoms with E-state index in [-0.39, 0.29) is 12.2 Å². The molecule has 0 bridgehead atoms. The maximum atomic E-state index is 11.5. The number of fused-ring (bicyclic) bond motifs is 1. The maximum Gasteiger partial charge on any atom is 0.332 e. The Labute approximate surface area is 129 Å². The Kier molecular flexibility index (Phi) is 3.81. The first-order valence-corrected chi connectivity index (χ1v) is 7.37. The molecule has 0 radical (unpaired) electrons. The van der Waals surface area contributed by atoms with Crippen LogP contribution >= 0.6 is 0 Å². The second kappa shape index (κ2) is 5.28. The van der Waals surface area contributed by atoms with Crippen LogP contribution in [0.5, 0.6) is 0 Å². The summed E-state index contributed by atoms with van der Waals surface area (Å²) in [4.78, 5) is 11.5. The lowest BCUT2D eigenvalue weighted by Crippen LogP contribution is -2.40. The fourth-order valence-electron chi connectivity index (χ4n) is 3.03. The van der Waals surface area contributed by atoms with Gasteiger partial charge in [-0.05, 0) is 27.7 Å². The lowest BCUT2D eigenvalue weighted by atomic mass is 10.1. The van der Waals surface area contributed by atoms with E-state index in [0.717, 1.165) is 6.08 Å². The van der Waals surface area contributed by atoms with Crippen LogP contribution in [-0.4, -0.2) is 54.9 Å². The standard InChI is InChI=1S/C15H22O7/c1-6-9(16)18-13-12-11(21-15(4,5)22-12)10(19-13)8-7-17-14(2,3)20-8/h6,8,10-13H,1,7H2,2-5H3/t8?,10-,11?,12?,13+/m1/s1. The van der Waals surface area contributed by atoms with Crippen molar-refractivity contribution in [1.82, 2.24) is 0 Å². The molecule has 0 amide bonds. The Hall–Kier alpha value is -0.990. The van der Waals surface area contributed by atoms with Crippen molar-refractivity contribution >= 4 is 5.97 Å². The number of carbonyl (C=O) groups is 1.